The fourth-order valence-corrected chi connectivity index (χ4v) is 2.29. The van der Waals surface area contributed by atoms with Crippen LogP contribution in [-0.4, -0.2) is 5.97 Å². The first-order valence-corrected chi connectivity index (χ1v) is 8.01. The minimum absolute atomic E-state index is 0.344. The van der Waals surface area contributed by atoms with E-state index >= 15 is 0 Å². The number of halogens is 3. The van der Waals surface area contributed by atoms with Crippen molar-refractivity contribution in [2.75, 3.05) is 0 Å². The highest BCUT2D eigenvalue weighted by atomic mass is 19.1. The summed E-state index contributed by atoms with van der Waals surface area (Å²) in [6.45, 7) is 2.02. The molecule has 0 amide bonds. The van der Waals surface area contributed by atoms with Crippen LogP contribution in [0.3, 0.4) is 0 Å². The van der Waals surface area contributed by atoms with Crippen LogP contribution in [0.15, 0.2) is 42.5 Å². The Hall–Kier alpha value is -3.07. The molecular weight excluding hydrogens is 343 g/mol. The largest absolute Gasteiger partial charge is 0.423 e. The average Bonchev–Trinajstić information content (AvgIpc) is 2.58. The standard InChI is InChI=1S/C20H16F3NO2/c1-2-3-4-5-6-13-7-8-15(17(21)9-13)20(25)26-14-10-18(22)16(12-24)19(23)11-14/h3-4,7-11H,2,5-6H2,1H3/b4-3+. The van der Waals surface area contributed by atoms with Crippen LogP contribution in [0.2, 0.25) is 0 Å². The predicted octanol–water partition coefficient (Wildman–Crippen LogP) is 5.09. The van der Waals surface area contributed by atoms with Gasteiger partial charge in [-0.25, -0.2) is 18.0 Å². The summed E-state index contributed by atoms with van der Waals surface area (Å²) in [6, 6.07) is 6.86. The van der Waals surface area contributed by atoms with Crippen LogP contribution < -0.4 is 4.74 Å². The van der Waals surface area contributed by atoms with Crippen LogP contribution in [0.25, 0.3) is 0 Å². The molecule has 0 fully saturated rings. The quantitative estimate of drug-likeness (QED) is 0.410. The van der Waals surface area contributed by atoms with Gasteiger partial charge >= 0.3 is 5.97 Å². The molecule has 3 nitrogen and oxygen atoms in total. The van der Waals surface area contributed by atoms with Crippen molar-refractivity contribution in [1.29, 1.82) is 5.26 Å². The minimum Gasteiger partial charge on any atom is -0.423 e. The fraction of sp³-hybridized carbons (Fsp3) is 0.200. The number of nitrogens with zero attached hydrogens (tertiary/aromatic N) is 1. The third-order valence-corrected chi connectivity index (χ3v) is 3.59. The molecule has 0 aliphatic heterocycles. The number of nitriles is 1. The third kappa shape index (κ3) is 4.73. The van der Waals surface area contributed by atoms with Crippen molar-refractivity contribution >= 4 is 5.97 Å². The van der Waals surface area contributed by atoms with E-state index in [1.807, 2.05) is 19.1 Å². The SMILES string of the molecule is CC/C=C/CCc1ccc(C(=O)Oc2cc(F)c(C#N)c(F)c2)c(F)c1. The van der Waals surface area contributed by atoms with E-state index in [1.165, 1.54) is 18.2 Å². The molecule has 2 aromatic carbocycles. The molecule has 0 N–H and O–H groups in total. The molecular formula is C20H16F3NO2. The molecule has 0 atom stereocenters. The first-order chi connectivity index (χ1) is 12.5. The number of allylic oxidation sites excluding steroid dienone is 2. The Labute approximate surface area is 149 Å². The number of aryl methyl sites for hydroxylation is 1. The Morgan fingerprint density at radius 1 is 1.12 bits per heavy atom. The Balaban J connectivity index is 2.13. The van der Waals surface area contributed by atoms with Crippen LogP contribution in [0.1, 0.15) is 41.3 Å². The molecule has 0 saturated carbocycles. The smallest absolute Gasteiger partial charge is 0.346 e. The van der Waals surface area contributed by atoms with Crippen molar-refractivity contribution in [2.45, 2.75) is 26.2 Å². The van der Waals surface area contributed by atoms with E-state index in [0.717, 1.165) is 18.4 Å². The summed E-state index contributed by atoms with van der Waals surface area (Å²) >= 11 is 0. The van der Waals surface area contributed by atoms with E-state index in [1.54, 1.807) is 6.07 Å². The summed E-state index contributed by atoms with van der Waals surface area (Å²) in [4.78, 5) is 12.0. The topological polar surface area (TPSA) is 50.1 Å². The molecule has 0 radical (unpaired) electrons. The van der Waals surface area contributed by atoms with Gasteiger partial charge < -0.3 is 4.74 Å². The number of esters is 1. The normalized spacial score (nSPS) is 10.7. The number of carbonyl (C=O) groups is 1. The van der Waals surface area contributed by atoms with Crippen molar-refractivity contribution in [2.24, 2.45) is 0 Å². The lowest BCUT2D eigenvalue weighted by atomic mass is 10.1. The monoisotopic (exact) mass is 359 g/mol. The molecule has 134 valence electrons. The maximum atomic E-state index is 14.1. The van der Waals surface area contributed by atoms with Gasteiger partial charge in [-0.05, 0) is 37.0 Å². The van der Waals surface area contributed by atoms with E-state index in [9.17, 15) is 18.0 Å². The van der Waals surface area contributed by atoms with E-state index in [4.69, 9.17) is 10.00 Å². The van der Waals surface area contributed by atoms with Gasteiger partial charge in [0, 0.05) is 12.1 Å². The van der Waals surface area contributed by atoms with Gasteiger partial charge in [0.05, 0.1) is 5.56 Å². The number of hydrogen-bond acceptors (Lipinski definition) is 3. The molecule has 0 spiro atoms. The van der Waals surface area contributed by atoms with Crippen molar-refractivity contribution in [3.63, 3.8) is 0 Å². The van der Waals surface area contributed by atoms with Gasteiger partial charge in [-0.3, -0.25) is 0 Å². The highest BCUT2D eigenvalue weighted by molar-refractivity contribution is 5.91. The zero-order chi connectivity index (χ0) is 19.1. The Morgan fingerprint density at radius 3 is 2.38 bits per heavy atom. The van der Waals surface area contributed by atoms with E-state index in [0.29, 0.717) is 18.6 Å². The number of benzene rings is 2. The van der Waals surface area contributed by atoms with Crippen molar-refractivity contribution in [3.05, 3.63) is 76.6 Å². The van der Waals surface area contributed by atoms with Gasteiger partial charge in [-0.1, -0.05) is 25.1 Å². The molecule has 2 rings (SSSR count). The number of rotatable bonds is 6. The van der Waals surface area contributed by atoms with Crippen LogP contribution in [0.5, 0.6) is 5.75 Å². The van der Waals surface area contributed by atoms with Crippen molar-refractivity contribution < 1.29 is 22.7 Å². The lowest BCUT2D eigenvalue weighted by Crippen LogP contribution is -2.11. The molecule has 26 heavy (non-hydrogen) atoms. The molecule has 0 aromatic heterocycles. The fourth-order valence-electron chi connectivity index (χ4n) is 2.29. The first kappa shape index (κ1) is 19.3. The molecule has 6 heteroatoms. The van der Waals surface area contributed by atoms with Gasteiger partial charge in [0.15, 0.2) is 0 Å². The molecule has 0 heterocycles. The highest BCUT2D eigenvalue weighted by Crippen LogP contribution is 2.22. The summed E-state index contributed by atoms with van der Waals surface area (Å²) in [5, 5.41) is 8.61. The molecule has 0 aliphatic rings. The average molecular weight is 359 g/mol. The van der Waals surface area contributed by atoms with Gasteiger partial charge in [0.2, 0.25) is 0 Å². The Morgan fingerprint density at radius 2 is 1.81 bits per heavy atom. The number of ether oxygens (including phenoxy) is 1. The number of hydrogen-bond donors (Lipinski definition) is 0. The maximum Gasteiger partial charge on any atom is 0.346 e. The van der Waals surface area contributed by atoms with Crippen molar-refractivity contribution in [1.82, 2.24) is 0 Å². The van der Waals surface area contributed by atoms with Crippen LogP contribution in [-0.2, 0) is 6.42 Å². The van der Waals surface area contributed by atoms with E-state index in [2.05, 4.69) is 0 Å². The van der Waals surface area contributed by atoms with Crippen LogP contribution >= 0.6 is 0 Å². The second kappa shape index (κ2) is 8.86. The van der Waals surface area contributed by atoms with Gasteiger partial charge in [0.1, 0.15) is 34.8 Å². The lowest BCUT2D eigenvalue weighted by Gasteiger charge is -2.08. The zero-order valence-corrected chi connectivity index (χ0v) is 14.1. The predicted molar refractivity (Wildman–Crippen MR) is 90.2 cm³/mol. The lowest BCUT2D eigenvalue weighted by molar-refractivity contribution is 0.0729. The van der Waals surface area contributed by atoms with E-state index in [-0.39, 0.29) is 5.56 Å². The van der Waals surface area contributed by atoms with Gasteiger partial charge in [0.25, 0.3) is 0 Å². The molecule has 0 aliphatic carbocycles. The Bertz CT molecular complexity index is 862. The third-order valence-electron chi connectivity index (χ3n) is 3.59. The molecule has 0 unspecified atom stereocenters. The maximum absolute atomic E-state index is 14.1. The van der Waals surface area contributed by atoms with Crippen LogP contribution in [0, 0.1) is 28.8 Å². The summed E-state index contributed by atoms with van der Waals surface area (Å²) in [5.41, 5.74) is -0.407. The minimum atomic E-state index is -1.16. The van der Waals surface area contributed by atoms with Gasteiger partial charge in [-0.2, -0.15) is 5.26 Å². The second-order valence-corrected chi connectivity index (χ2v) is 5.50. The summed E-state index contributed by atoms with van der Waals surface area (Å²) in [5.74, 6) is -4.63. The zero-order valence-electron chi connectivity index (χ0n) is 14.1. The summed E-state index contributed by atoms with van der Waals surface area (Å²) in [6.07, 6.45) is 6.30. The molecule has 2 aromatic rings. The van der Waals surface area contributed by atoms with Crippen molar-refractivity contribution in [3.8, 4) is 11.8 Å². The number of carbonyl (C=O) groups excluding carboxylic acids is 1. The molecule has 0 bridgehead atoms. The van der Waals surface area contributed by atoms with Gasteiger partial charge in [-0.15, -0.1) is 0 Å². The first-order valence-electron chi connectivity index (χ1n) is 8.01. The van der Waals surface area contributed by atoms with Crippen LogP contribution in [0.4, 0.5) is 13.2 Å². The highest BCUT2D eigenvalue weighted by Gasteiger charge is 2.17. The summed E-state index contributed by atoms with van der Waals surface area (Å²) in [7, 11) is 0. The summed E-state index contributed by atoms with van der Waals surface area (Å²) < 4.78 is 46.0. The Kier molecular flexibility index (Phi) is 6.56. The second-order valence-electron chi connectivity index (χ2n) is 5.50. The van der Waals surface area contributed by atoms with E-state index < -0.39 is 34.7 Å². The molecule has 0 saturated heterocycles.